The third kappa shape index (κ3) is 3.54. The molecule has 30 heavy (non-hydrogen) atoms. The number of rotatable bonds is 5. The van der Waals surface area contributed by atoms with Crippen LogP contribution in [0.3, 0.4) is 0 Å². The normalized spacial score (nSPS) is 13.6. The van der Waals surface area contributed by atoms with Crippen LogP contribution in [0.1, 0.15) is 10.5 Å². The molecule has 2 aromatic heterocycles. The molecule has 0 bridgehead atoms. The van der Waals surface area contributed by atoms with Crippen LogP contribution in [0.4, 0.5) is 20.7 Å². The molecule has 3 amide bonds. The Hall–Kier alpha value is -3.95. The summed E-state index contributed by atoms with van der Waals surface area (Å²) in [7, 11) is 3.24. The second kappa shape index (κ2) is 7.82. The zero-order valence-electron chi connectivity index (χ0n) is 16.4. The zero-order chi connectivity index (χ0) is 21.3. The van der Waals surface area contributed by atoms with Crippen molar-refractivity contribution in [1.29, 1.82) is 0 Å². The summed E-state index contributed by atoms with van der Waals surface area (Å²) in [5, 5.41) is 6.55. The van der Waals surface area contributed by atoms with E-state index in [0.29, 0.717) is 24.7 Å². The first-order chi connectivity index (χ1) is 14.5. The van der Waals surface area contributed by atoms with E-state index in [0.717, 1.165) is 0 Å². The van der Waals surface area contributed by atoms with Gasteiger partial charge >= 0.3 is 6.03 Å². The van der Waals surface area contributed by atoms with Crippen LogP contribution in [0, 0.1) is 5.82 Å². The highest BCUT2D eigenvalue weighted by Crippen LogP contribution is 2.31. The van der Waals surface area contributed by atoms with E-state index in [1.54, 1.807) is 41.0 Å². The summed E-state index contributed by atoms with van der Waals surface area (Å²) in [6.45, 7) is 0.774. The minimum Gasteiger partial charge on any atom is -0.457 e. The molecule has 0 saturated carbocycles. The van der Waals surface area contributed by atoms with Crippen molar-refractivity contribution < 1.29 is 18.7 Å². The van der Waals surface area contributed by atoms with Crippen LogP contribution in [0.15, 0.2) is 48.8 Å². The molecule has 10 heteroatoms. The molecule has 154 valence electrons. The minimum absolute atomic E-state index is 0.165. The third-order valence-corrected chi connectivity index (χ3v) is 4.72. The number of carbonyl (C=O) groups is 2. The second-order valence-corrected chi connectivity index (χ2v) is 6.57. The van der Waals surface area contributed by atoms with E-state index in [4.69, 9.17) is 4.74 Å². The number of hydrogen-bond acceptors (Lipinski definition) is 5. The molecule has 1 aromatic carbocycles. The van der Waals surface area contributed by atoms with E-state index < -0.39 is 5.82 Å². The van der Waals surface area contributed by atoms with Crippen LogP contribution in [0.25, 0.3) is 0 Å². The maximum atomic E-state index is 14.8. The Morgan fingerprint density at radius 3 is 2.57 bits per heavy atom. The van der Waals surface area contributed by atoms with Crippen molar-refractivity contribution in [3.05, 3.63) is 60.3 Å². The van der Waals surface area contributed by atoms with Gasteiger partial charge in [-0.1, -0.05) is 0 Å². The second-order valence-electron chi connectivity index (χ2n) is 6.57. The van der Waals surface area contributed by atoms with E-state index in [2.05, 4.69) is 15.4 Å². The maximum absolute atomic E-state index is 14.8. The summed E-state index contributed by atoms with van der Waals surface area (Å²) in [5.74, 6) is 0.282. The van der Waals surface area contributed by atoms with E-state index in [1.807, 2.05) is 0 Å². The molecular weight excluding hydrogens is 391 g/mol. The third-order valence-electron chi connectivity index (χ3n) is 4.72. The minimum atomic E-state index is -0.590. The molecule has 9 nitrogen and oxygen atoms in total. The molecule has 0 atom stereocenters. The van der Waals surface area contributed by atoms with Gasteiger partial charge in [0.05, 0.1) is 11.9 Å². The number of ether oxygens (including phenoxy) is 1. The Bertz CT molecular complexity index is 1120. The first-order valence-corrected chi connectivity index (χ1v) is 9.20. The number of aryl methyl sites for hydroxylation is 1. The molecule has 3 aromatic rings. The highest BCUT2D eigenvalue weighted by atomic mass is 19.1. The van der Waals surface area contributed by atoms with Crippen LogP contribution in [0.5, 0.6) is 11.5 Å². The van der Waals surface area contributed by atoms with Crippen molar-refractivity contribution in [3.8, 4) is 11.5 Å². The van der Waals surface area contributed by atoms with Gasteiger partial charge in [-0.2, -0.15) is 5.10 Å². The summed E-state index contributed by atoms with van der Waals surface area (Å²) in [6.07, 6.45) is 3.03. The van der Waals surface area contributed by atoms with Crippen molar-refractivity contribution in [3.63, 3.8) is 0 Å². The van der Waals surface area contributed by atoms with Crippen molar-refractivity contribution in [2.45, 2.75) is 0 Å². The van der Waals surface area contributed by atoms with Gasteiger partial charge in [0, 0.05) is 51.6 Å². The maximum Gasteiger partial charge on any atom is 0.330 e. The van der Waals surface area contributed by atoms with Gasteiger partial charge in [0.25, 0.3) is 5.91 Å². The number of hydrogen-bond donors (Lipinski definition) is 1. The Balaban J connectivity index is 1.52. The molecule has 3 heterocycles. The Morgan fingerprint density at radius 1 is 1.10 bits per heavy atom. The van der Waals surface area contributed by atoms with Gasteiger partial charge in [-0.15, -0.1) is 0 Å². The van der Waals surface area contributed by atoms with Gasteiger partial charge in [0.2, 0.25) is 0 Å². The lowest BCUT2D eigenvalue weighted by atomic mass is 10.2. The fraction of sp³-hybridized carbons (Fsp3) is 0.200. The van der Waals surface area contributed by atoms with Crippen molar-refractivity contribution in [2.24, 2.45) is 7.05 Å². The lowest BCUT2D eigenvalue weighted by Gasteiger charge is -2.19. The molecule has 0 unspecified atom stereocenters. The fourth-order valence-electron chi connectivity index (χ4n) is 3.24. The number of benzene rings is 1. The quantitative estimate of drug-likeness (QED) is 0.698. The summed E-state index contributed by atoms with van der Waals surface area (Å²) in [4.78, 5) is 31.4. The van der Waals surface area contributed by atoms with E-state index in [9.17, 15) is 14.0 Å². The molecule has 1 saturated heterocycles. The van der Waals surface area contributed by atoms with Crippen molar-refractivity contribution in [2.75, 3.05) is 29.9 Å². The van der Waals surface area contributed by atoms with Crippen molar-refractivity contribution >= 4 is 23.4 Å². The average molecular weight is 410 g/mol. The predicted molar refractivity (Wildman–Crippen MR) is 107 cm³/mol. The van der Waals surface area contributed by atoms with Crippen LogP contribution in [-0.4, -0.2) is 46.8 Å². The number of anilines is 2. The number of halogens is 1. The van der Waals surface area contributed by atoms with Gasteiger partial charge < -0.3 is 10.1 Å². The first kappa shape index (κ1) is 19.4. The van der Waals surface area contributed by atoms with Gasteiger partial charge in [0.15, 0.2) is 5.82 Å². The van der Waals surface area contributed by atoms with Gasteiger partial charge in [-0.3, -0.25) is 24.3 Å². The standard InChI is InChI=1S/C20H19FN6O3/c1-22-19(28)16-12-14(5-7-23-16)30-13-3-4-17(15(21)11-13)26-9-10-27(20(26)29)18-6-8-24-25(18)2/h3-8,11-12H,9-10H2,1-2H3,(H,22,28). The van der Waals surface area contributed by atoms with Gasteiger partial charge in [-0.25, -0.2) is 9.18 Å². The number of amides is 3. The fourth-order valence-corrected chi connectivity index (χ4v) is 3.24. The number of nitrogens with zero attached hydrogens (tertiary/aromatic N) is 5. The van der Waals surface area contributed by atoms with E-state index in [-0.39, 0.29) is 29.1 Å². The number of urea groups is 1. The Kier molecular flexibility index (Phi) is 5.05. The number of aromatic nitrogens is 3. The molecule has 0 aliphatic carbocycles. The van der Waals surface area contributed by atoms with Gasteiger partial charge in [0.1, 0.15) is 23.0 Å². The number of nitrogens with one attached hydrogen (secondary N) is 1. The number of carbonyl (C=O) groups excluding carboxylic acids is 2. The van der Waals surface area contributed by atoms with Crippen LogP contribution in [0.2, 0.25) is 0 Å². The SMILES string of the molecule is CNC(=O)c1cc(Oc2ccc(N3CCN(c4ccnn4C)C3=O)c(F)c2)ccn1. The average Bonchev–Trinajstić information content (AvgIpc) is 3.33. The molecule has 1 aliphatic heterocycles. The predicted octanol–water partition coefficient (Wildman–Crippen LogP) is 2.55. The van der Waals surface area contributed by atoms with Crippen LogP contribution < -0.4 is 19.9 Å². The molecule has 1 fully saturated rings. The highest BCUT2D eigenvalue weighted by Gasteiger charge is 2.33. The summed E-state index contributed by atoms with van der Waals surface area (Å²) in [5.41, 5.74) is 0.350. The molecule has 4 rings (SSSR count). The monoisotopic (exact) mass is 410 g/mol. The zero-order valence-corrected chi connectivity index (χ0v) is 16.4. The molecule has 1 N–H and O–H groups in total. The first-order valence-electron chi connectivity index (χ1n) is 9.20. The molecule has 0 spiro atoms. The lowest BCUT2D eigenvalue weighted by molar-refractivity contribution is 0.0958. The molecule has 1 aliphatic rings. The highest BCUT2D eigenvalue weighted by molar-refractivity contribution is 6.05. The summed E-state index contributed by atoms with van der Waals surface area (Å²) in [6, 6.07) is 8.70. The Labute approximate surface area is 171 Å². The topological polar surface area (TPSA) is 92.6 Å². The number of pyridine rings is 1. The van der Waals surface area contributed by atoms with E-state index in [1.165, 1.54) is 36.3 Å². The van der Waals surface area contributed by atoms with E-state index >= 15 is 0 Å². The molecular formula is C20H19FN6O3. The van der Waals surface area contributed by atoms with Gasteiger partial charge in [-0.05, 0) is 18.2 Å². The van der Waals surface area contributed by atoms with Crippen LogP contribution >= 0.6 is 0 Å². The summed E-state index contributed by atoms with van der Waals surface area (Å²) >= 11 is 0. The Morgan fingerprint density at radius 2 is 1.87 bits per heavy atom. The molecule has 0 radical (unpaired) electrons. The summed E-state index contributed by atoms with van der Waals surface area (Å²) < 4.78 is 22.0. The lowest BCUT2D eigenvalue weighted by Crippen LogP contribution is -2.33. The van der Waals surface area contributed by atoms with Crippen LogP contribution in [-0.2, 0) is 7.05 Å². The largest absolute Gasteiger partial charge is 0.457 e. The van der Waals surface area contributed by atoms with Crippen molar-refractivity contribution in [1.82, 2.24) is 20.1 Å². The smallest absolute Gasteiger partial charge is 0.330 e.